The molecule has 15 heavy (non-hydrogen) atoms. The van der Waals surface area contributed by atoms with E-state index in [9.17, 15) is 10.2 Å². The summed E-state index contributed by atoms with van der Waals surface area (Å²) in [6.07, 6.45) is -2.63. The number of hydrogen-bond donors (Lipinski definition) is 4. The fourth-order valence-corrected chi connectivity index (χ4v) is 1.67. The molecule has 2 unspecified atom stereocenters. The Hall–Kier alpha value is -0.520. The summed E-state index contributed by atoms with van der Waals surface area (Å²) in [6.45, 7) is -0.579. The van der Waals surface area contributed by atoms with Crippen molar-refractivity contribution in [1.29, 1.82) is 0 Å². The molecule has 2 atom stereocenters. The molecular weight excluding hydrogens is 241 g/mol. The predicted octanol–water partition coefficient (Wildman–Crippen LogP) is 0.962. The molecule has 1 rings (SSSR count). The number of anilines is 1. The standard InChI is InChI=1S/C9H11Cl2NO3/c10-4-1-5(8(12)6(11)2-4)9(15)7(14)3-13/h1-2,7,9,13-15H,3,12H2. The van der Waals surface area contributed by atoms with Crippen LogP contribution in [-0.4, -0.2) is 28.0 Å². The van der Waals surface area contributed by atoms with E-state index in [1.54, 1.807) is 0 Å². The van der Waals surface area contributed by atoms with Gasteiger partial charge < -0.3 is 21.1 Å². The van der Waals surface area contributed by atoms with Gasteiger partial charge in [0, 0.05) is 10.6 Å². The normalized spacial score (nSPS) is 15.0. The first kappa shape index (κ1) is 12.5. The molecule has 0 saturated carbocycles. The second-order valence-electron chi connectivity index (χ2n) is 3.09. The van der Waals surface area contributed by atoms with Gasteiger partial charge in [-0.25, -0.2) is 0 Å². The Kier molecular flexibility index (Phi) is 4.19. The van der Waals surface area contributed by atoms with Crippen LogP contribution in [0.4, 0.5) is 5.69 Å². The van der Waals surface area contributed by atoms with Gasteiger partial charge >= 0.3 is 0 Å². The van der Waals surface area contributed by atoms with E-state index in [4.69, 9.17) is 34.0 Å². The van der Waals surface area contributed by atoms with Crippen molar-refractivity contribution in [2.75, 3.05) is 12.3 Å². The zero-order chi connectivity index (χ0) is 11.6. The highest BCUT2D eigenvalue weighted by molar-refractivity contribution is 6.36. The highest BCUT2D eigenvalue weighted by Crippen LogP contribution is 2.32. The number of benzene rings is 1. The molecule has 0 heterocycles. The van der Waals surface area contributed by atoms with Gasteiger partial charge in [0.2, 0.25) is 0 Å². The van der Waals surface area contributed by atoms with Crippen molar-refractivity contribution in [2.24, 2.45) is 0 Å². The number of hydrogen-bond acceptors (Lipinski definition) is 4. The van der Waals surface area contributed by atoms with E-state index >= 15 is 0 Å². The van der Waals surface area contributed by atoms with Crippen LogP contribution in [0.3, 0.4) is 0 Å². The highest BCUT2D eigenvalue weighted by Gasteiger charge is 2.21. The molecule has 84 valence electrons. The third kappa shape index (κ3) is 2.74. The Morgan fingerprint density at radius 3 is 2.40 bits per heavy atom. The second-order valence-corrected chi connectivity index (χ2v) is 3.93. The molecule has 6 heteroatoms. The first-order valence-corrected chi connectivity index (χ1v) is 4.94. The zero-order valence-corrected chi connectivity index (χ0v) is 9.20. The number of aliphatic hydroxyl groups excluding tert-OH is 3. The number of nitrogens with two attached hydrogens (primary N) is 1. The average molecular weight is 252 g/mol. The molecule has 0 spiro atoms. The second kappa shape index (κ2) is 5.01. The van der Waals surface area contributed by atoms with Gasteiger partial charge in [-0.2, -0.15) is 0 Å². The van der Waals surface area contributed by atoms with Crippen LogP contribution in [0, 0.1) is 0 Å². The summed E-state index contributed by atoms with van der Waals surface area (Å²) >= 11 is 11.5. The van der Waals surface area contributed by atoms with Crippen LogP contribution in [0.1, 0.15) is 11.7 Å². The average Bonchev–Trinajstić information content (AvgIpc) is 2.21. The summed E-state index contributed by atoms with van der Waals surface area (Å²) in [6, 6.07) is 2.83. The maximum atomic E-state index is 9.61. The Balaban J connectivity index is 3.13. The molecule has 0 radical (unpaired) electrons. The van der Waals surface area contributed by atoms with Crippen molar-refractivity contribution in [2.45, 2.75) is 12.2 Å². The van der Waals surface area contributed by atoms with Crippen LogP contribution in [0.5, 0.6) is 0 Å². The van der Waals surface area contributed by atoms with Gasteiger partial charge in [-0.15, -0.1) is 0 Å². The van der Waals surface area contributed by atoms with Crippen LogP contribution in [0.2, 0.25) is 10.0 Å². The molecule has 0 aromatic heterocycles. The third-order valence-electron chi connectivity index (χ3n) is 2.00. The minimum Gasteiger partial charge on any atom is -0.397 e. The van der Waals surface area contributed by atoms with Crippen molar-refractivity contribution in [3.8, 4) is 0 Å². The van der Waals surface area contributed by atoms with Crippen LogP contribution >= 0.6 is 23.2 Å². The lowest BCUT2D eigenvalue weighted by atomic mass is 10.0. The molecule has 1 aromatic rings. The summed E-state index contributed by atoms with van der Waals surface area (Å²) < 4.78 is 0. The minimum absolute atomic E-state index is 0.140. The van der Waals surface area contributed by atoms with E-state index in [1.807, 2.05) is 0 Å². The molecule has 1 aromatic carbocycles. The number of nitrogen functional groups attached to an aromatic ring is 1. The monoisotopic (exact) mass is 251 g/mol. The van der Waals surface area contributed by atoms with Crippen molar-refractivity contribution in [3.05, 3.63) is 27.7 Å². The Morgan fingerprint density at radius 2 is 1.87 bits per heavy atom. The van der Waals surface area contributed by atoms with Gasteiger partial charge in [0.05, 0.1) is 17.3 Å². The van der Waals surface area contributed by atoms with Crippen molar-refractivity contribution in [3.63, 3.8) is 0 Å². The Morgan fingerprint density at radius 1 is 1.27 bits per heavy atom. The first-order valence-electron chi connectivity index (χ1n) is 4.18. The fourth-order valence-electron chi connectivity index (χ4n) is 1.16. The Labute approximate surface area is 96.9 Å². The summed E-state index contributed by atoms with van der Waals surface area (Å²) in [5.41, 5.74) is 5.94. The molecule has 5 N–H and O–H groups in total. The van der Waals surface area contributed by atoms with E-state index in [2.05, 4.69) is 0 Å². The van der Waals surface area contributed by atoms with E-state index in [0.29, 0.717) is 5.02 Å². The van der Waals surface area contributed by atoms with Crippen LogP contribution in [0.15, 0.2) is 12.1 Å². The molecule has 4 nitrogen and oxygen atoms in total. The molecule has 0 aliphatic heterocycles. The summed E-state index contributed by atoms with van der Waals surface area (Å²) in [7, 11) is 0. The first-order chi connectivity index (χ1) is 6.97. The lowest BCUT2D eigenvalue weighted by molar-refractivity contribution is -0.0149. The van der Waals surface area contributed by atoms with Gasteiger partial charge in [-0.1, -0.05) is 23.2 Å². The quantitative estimate of drug-likeness (QED) is 0.603. The summed E-state index contributed by atoms with van der Waals surface area (Å²) in [5.74, 6) is 0. The highest BCUT2D eigenvalue weighted by atomic mass is 35.5. The minimum atomic E-state index is -1.32. The van der Waals surface area contributed by atoms with E-state index in [1.165, 1.54) is 12.1 Å². The zero-order valence-electron chi connectivity index (χ0n) is 7.69. The molecule has 0 aliphatic rings. The summed E-state index contributed by atoms with van der Waals surface area (Å²) in [5, 5.41) is 28.0. The molecule has 0 aliphatic carbocycles. The molecule has 0 saturated heterocycles. The van der Waals surface area contributed by atoms with Gasteiger partial charge in [0.15, 0.2) is 0 Å². The van der Waals surface area contributed by atoms with Gasteiger partial charge in [-0.05, 0) is 12.1 Å². The fraction of sp³-hybridized carbons (Fsp3) is 0.333. The maximum absolute atomic E-state index is 9.61. The lowest BCUT2D eigenvalue weighted by Gasteiger charge is -2.18. The number of rotatable bonds is 3. The Bertz CT molecular complexity index is 359. The maximum Gasteiger partial charge on any atom is 0.109 e. The van der Waals surface area contributed by atoms with E-state index < -0.39 is 18.8 Å². The SMILES string of the molecule is Nc1c(Cl)cc(Cl)cc1C(O)C(O)CO. The van der Waals surface area contributed by atoms with Crippen molar-refractivity contribution < 1.29 is 15.3 Å². The molecular formula is C9H11Cl2NO3. The molecule has 0 amide bonds. The van der Waals surface area contributed by atoms with E-state index in [-0.39, 0.29) is 16.3 Å². The van der Waals surface area contributed by atoms with Gasteiger partial charge in [0.25, 0.3) is 0 Å². The number of halogens is 2. The topological polar surface area (TPSA) is 86.7 Å². The van der Waals surface area contributed by atoms with Crippen LogP contribution in [-0.2, 0) is 0 Å². The lowest BCUT2D eigenvalue weighted by Crippen LogP contribution is -2.23. The van der Waals surface area contributed by atoms with Crippen LogP contribution < -0.4 is 5.73 Å². The summed E-state index contributed by atoms with van der Waals surface area (Å²) in [4.78, 5) is 0. The van der Waals surface area contributed by atoms with Gasteiger partial charge in [0.1, 0.15) is 12.2 Å². The number of aliphatic hydroxyl groups is 3. The predicted molar refractivity (Wildman–Crippen MR) is 58.9 cm³/mol. The smallest absolute Gasteiger partial charge is 0.109 e. The van der Waals surface area contributed by atoms with E-state index in [0.717, 1.165) is 0 Å². The largest absolute Gasteiger partial charge is 0.397 e. The molecule has 0 bridgehead atoms. The molecule has 0 fully saturated rings. The van der Waals surface area contributed by atoms with Gasteiger partial charge in [-0.3, -0.25) is 0 Å². The third-order valence-corrected chi connectivity index (χ3v) is 2.53. The van der Waals surface area contributed by atoms with Crippen molar-refractivity contribution >= 4 is 28.9 Å². The van der Waals surface area contributed by atoms with Crippen LogP contribution in [0.25, 0.3) is 0 Å². The van der Waals surface area contributed by atoms with Crippen molar-refractivity contribution in [1.82, 2.24) is 0 Å².